The summed E-state index contributed by atoms with van der Waals surface area (Å²) >= 11 is 0. The Morgan fingerprint density at radius 1 is 0.750 bits per heavy atom. The number of hydrogen-bond donors (Lipinski definition) is 9. The predicted molar refractivity (Wildman–Crippen MR) is 158 cm³/mol. The van der Waals surface area contributed by atoms with Crippen LogP contribution in [-0.4, -0.2) is 106 Å². The van der Waals surface area contributed by atoms with Gasteiger partial charge in [0.25, 0.3) is 11.8 Å². The van der Waals surface area contributed by atoms with Gasteiger partial charge in [-0.2, -0.15) is 0 Å². The minimum absolute atomic E-state index is 0.0382. The lowest BCUT2D eigenvalue weighted by Crippen LogP contribution is -2.56. The second kappa shape index (κ2) is 18.9. The number of carbonyl (C=O) groups is 2. The molecule has 11 N–H and O–H groups in total. The Labute approximate surface area is 239 Å². The van der Waals surface area contributed by atoms with Crippen molar-refractivity contribution in [2.45, 2.75) is 122 Å². The maximum absolute atomic E-state index is 12.1. The quantitative estimate of drug-likeness (QED) is 0.0508. The zero-order valence-corrected chi connectivity index (χ0v) is 25.2. The van der Waals surface area contributed by atoms with Crippen molar-refractivity contribution in [1.82, 2.24) is 16.0 Å². The van der Waals surface area contributed by atoms with Crippen molar-refractivity contribution in [3.8, 4) is 0 Å². The minimum atomic E-state index is -2.08. The highest BCUT2D eigenvalue weighted by Gasteiger charge is 2.38. The van der Waals surface area contributed by atoms with Gasteiger partial charge in [-0.1, -0.05) is 19.8 Å². The molecule has 0 aromatic heterocycles. The molecular formula is C27H55N7O6. The molecule has 0 aromatic rings. The number of amidine groups is 2. The van der Waals surface area contributed by atoms with Crippen LogP contribution in [0.1, 0.15) is 86.5 Å². The van der Waals surface area contributed by atoms with Gasteiger partial charge >= 0.3 is 0 Å². The molecule has 4 atom stereocenters. The molecule has 234 valence electrons. The average Bonchev–Trinajstić information content (AvgIpc) is 2.88. The lowest BCUT2D eigenvalue weighted by molar-refractivity contribution is -0.156. The van der Waals surface area contributed by atoms with Crippen molar-refractivity contribution in [1.29, 1.82) is 0 Å². The van der Waals surface area contributed by atoms with E-state index in [4.69, 9.17) is 11.5 Å². The van der Waals surface area contributed by atoms with Crippen LogP contribution in [0.4, 0.5) is 0 Å². The monoisotopic (exact) mass is 573 g/mol. The standard InChI is InChI=1S/C27H55N7O6/c1-7-27(5,6)33-17-16-31-19(29)13-11-9-8-10-12-18(28)30-14-15-32-24(39)22(37)20(35)21(36)23(38)25(40)34-26(2,3)4/h20-23,33,35-38H,7-17H2,1-6H3,(H2,28,30)(H2,29,31)(H,32,39)(H,34,40). The average molecular weight is 574 g/mol. The molecule has 0 saturated heterocycles. The Kier molecular flexibility index (Phi) is 17.8. The Morgan fingerprint density at radius 2 is 1.20 bits per heavy atom. The topological polar surface area (TPSA) is 228 Å². The van der Waals surface area contributed by atoms with E-state index >= 15 is 0 Å². The summed E-state index contributed by atoms with van der Waals surface area (Å²) in [6, 6.07) is 0. The normalized spacial score (nSPS) is 16.2. The first-order chi connectivity index (χ1) is 18.5. The van der Waals surface area contributed by atoms with Gasteiger partial charge in [0.2, 0.25) is 0 Å². The molecule has 0 bridgehead atoms. The van der Waals surface area contributed by atoms with Gasteiger partial charge in [-0.3, -0.25) is 19.6 Å². The summed E-state index contributed by atoms with van der Waals surface area (Å²) in [4.78, 5) is 32.6. The lowest BCUT2D eigenvalue weighted by Gasteiger charge is -2.28. The van der Waals surface area contributed by atoms with E-state index in [1.54, 1.807) is 20.8 Å². The number of nitrogens with zero attached hydrogens (tertiary/aromatic N) is 2. The third-order valence-electron chi connectivity index (χ3n) is 6.29. The van der Waals surface area contributed by atoms with Crippen LogP contribution in [0, 0.1) is 0 Å². The highest BCUT2D eigenvalue weighted by molar-refractivity contribution is 5.83. The van der Waals surface area contributed by atoms with Crippen LogP contribution in [0.25, 0.3) is 0 Å². The van der Waals surface area contributed by atoms with E-state index in [2.05, 4.69) is 46.7 Å². The number of nitrogens with one attached hydrogen (secondary N) is 3. The minimum Gasteiger partial charge on any atom is -0.387 e. The number of rotatable bonds is 20. The van der Waals surface area contributed by atoms with E-state index in [1.165, 1.54) is 0 Å². The van der Waals surface area contributed by atoms with Crippen molar-refractivity contribution < 1.29 is 30.0 Å². The summed E-state index contributed by atoms with van der Waals surface area (Å²) in [5, 5.41) is 48.2. The Bertz CT molecular complexity index is 814. The fourth-order valence-corrected chi connectivity index (χ4v) is 3.45. The zero-order chi connectivity index (χ0) is 30.9. The van der Waals surface area contributed by atoms with Gasteiger partial charge in [-0.05, 0) is 53.9 Å². The maximum Gasteiger partial charge on any atom is 0.252 e. The van der Waals surface area contributed by atoms with Gasteiger partial charge in [0.1, 0.15) is 12.2 Å². The van der Waals surface area contributed by atoms with E-state index < -0.39 is 41.8 Å². The number of carbonyl (C=O) groups excluding carboxylic acids is 2. The largest absolute Gasteiger partial charge is 0.387 e. The van der Waals surface area contributed by atoms with E-state index in [1.807, 2.05) is 0 Å². The summed E-state index contributed by atoms with van der Waals surface area (Å²) in [6.45, 7) is 13.2. The molecule has 0 spiro atoms. The molecule has 0 rings (SSSR count). The van der Waals surface area contributed by atoms with Crippen molar-refractivity contribution in [2.75, 3.05) is 26.2 Å². The number of unbranched alkanes of at least 4 members (excludes halogenated alkanes) is 3. The van der Waals surface area contributed by atoms with Crippen molar-refractivity contribution in [3.63, 3.8) is 0 Å². The molecule has 0 saturated carbocycles. The highest BCUT2D eigenvalue weighted by Crippen LogP contribution is 2.09. The third kappa shape index (κ3) is 17.4. The number of amides is 2. The van der Waals surface area contributed by atoms with Gasteiger partial charge in [0.05, 0.1) is 24.8 Å². The SMILES string of the molecule is CCC(C)(C)NCCN=C(N)CCCCCCC(N)=NCCNC(=O)C(O)C(O)C(O)C(O)C(=O)NC(C)(C)C. The second-order valence-corrected chi connectivity index (χ2v) is 11.7. The number of nitrogens with two attached hydrogens (primary N) is 2. The molecule has 0 aliphatic carbocycles. The van der Waals surface area contributed by atoms with Crippen LogP contribution in [0.2, 0.25) is 0 Å². The van der Waals surface area contributed by atoms with Crippen LogP contribution in [0.3, 0.4) is 0 Å². The summed E-state index contributed by atoms with van der Waals surface area (Å²) in [5.41, 5.74) is 11.3. The molecule has 2 amide bonds. The molecule has 0 fully saturated rings. The van der Waals surface area contributed by atoms with Crippen molar-refractivity contribution in [3.05, 3.63) is 0 Å². The maximum atomic E-state index is 12.1. The molecule has 0 heterocycles. The van der Waals surface area contributed by atoms with Crippen LogP contribution >= 0.6 is 0 Å². The summed E-state index contributed by atoms with van der Waals surface area (Å²) in [5.74, 6) is -0.798. The van der Waals surface area contributed by atoms with Gasteiger partial charge in [-0.15, -0.1) is 0 Å². The van der Waals surface area contributed by atoms with E-state index in [0.29, 0.717) is 24.6 Å². The number of aliphatic hydroxyl groups is 4. The zero-order valence-electron chi connectivity index (χ0n) is 25.2. The van der Waals surface area contributed by atoms with E-state index in [-0.39, 0.29) is 18.6 Å². The van der Waals surface area contributed by atoms with Gasteiger partial charge in [0, 0.05) is 37.0 Å². The Balaban J connectivity index is 4.16. The Hall–Kier alpha value is -2.32. The number of hydrogen-bond acceptors (Lipinski definition) is 9. The molecule has 4 unspecified atom stereocenters. The van der Waals surface area contributed by atoms with E-state index in [0.717, 1.165) is 45.1 Å². The summed E-state index contributed by atoms with van der Waals surface area (Å²) < 4.78 is 0. The third-order valence-corrected chi connectivity index (χ3v) is 6.29. The van der Waals surface area contributed by atoms with Gasteiger partial charge < -0.3 is 47.8 Å². The Morgan fingerprint density at radius 3 is 1.65 bits per heavy atom. The highest BCUT2D eigenvalue weighted by atomic mass is 16.4. The summed E-state index contributed by atoms with van der Waals surface area (Å²) in [7, 11) is 0. The van der Waals surface area contributed by atoms with Crippen molar-refractivity contribution in [2.24, 2.45) is 21.5 Å². The molecule has 0 aromatic carbocycles. The lowest BCUT2D eigenvalue weighted by atomic mass is 10.0. The second-order valence-electron chi connectivity index (χ2n) is 11.7. The van der Waals surface area contributed by atoms with Crippen LogP contribution in [-0.2, 0) is 9.59 Å². The smallest absolute Gasteiger partial charge is 0.252 e. The fourth-order valence-electron chi connectivity index (χ4n) is 3.45. The first kappa shape index (κ1) is 37.7. The van der Waals surface area contributed by atoms with Crippen LogP contribution in [0.15, 0.2) is 9.98 Å². The molecular weight excluding hydrogens is 518 g/mol. The fraction of sp³-hybridized carbons (Fsp3) is 0.852. The van der Waals surface area contributed by atoms with E-state index in [9.17, 15) is 30.0 Å². The van der Waals surface area contributed by atoms with Crippen molar-refractivity contribution >= 4 is 23.5 Å². The molecule has 40 heavy (non-hydrogen) atoms. The van der Waals surface area contributed by atoms with Gasteiger partial charge in [0.15, 0.2) is 12.2 Å². The van der Waals surface area contributed by atoms with Crippen LogP contribution in [0.5, 0.6) is 0 Å². The van der Waals surface area contributed by atoms with Crippen LogP contribution < -0.4 is 27.4 Å². The molecule has 13 nitrogen and oxygen atoms in total. The first-order valence-corrected chi connectivity index (χ1v) is 14.2. The predicted octanol–water partition coefficient (Wildman–Crippen LogP) is -0.706. The summed E-state index contributed by atoms with van der Waals surface area (Å²) in [6.07, 6.45) is -2.03. The molecule has 0 radical (unpaired) electrons. The molecule has 0 aliphatic rings. The molecule has 13 heteroatoms. The number of aliphatic imine (C=N–C) groups is 2. The molecule has 0 aliphatic heterocycles. The number of aliphatic hydroxyl groups excluding tert-OH is 4. The first-order valence-electron chi connectivity index (χ1n) is 14.2. The van der Waals surface area contributed by atoms with Gasteiger partial charge in [-0.25, -0.2) is 0 Å².